The first kappa shape index (κ1) is 12.5. The lowest BCUT2D eigenvalue weighted by molar-refractivity contribution is -0.136. The normalized spacial score (nSPS) is 25.9. The van der Waals surface area contributed by atoms with Crippen molar-refractivity contribution in [3.63, 3.8) is 0 Å². The maximum absolute atomic E-state index is 12.1. The van der Waals surface area contributed by atoms with E-state index in [1.807, 2.05) is 13.8 Å². The smallest absolute Gasteiger partial charge is 0.240 e. The Bertz CT molecular complexity index is 219. The van der Waals surface area contributed by atoms with Crippen molar-refractivity contribution in [2.24, 2.45) is 5.92 Å². The summed E-state index contributed by atoms with van der Waals surface area (Å²) in [5.74, 6) is 0.529. The third-order valence-corrected chi connectivity index (χ3v) is 3.05. The number of hydrogen-bond acceptors (Lipinski definition) is 3. The van der Waals surface area contributed by atoms with Crippen LogP contribution in [0.5, 0.6) is 0 Å². The molecule has 4 heteroatoms. The van der Waals surface area contributed by atoms with Gasteiger partial charge >= 0.3 is 0 Å². The lowest BCUT2D eigenvalue weighted by atomic mass is 10.0. The molecule has 0 aliphatic carbocycles. The Labute approximate surface area is 91.6 Å². The summed E-state index contributed by atoms with van der Waals surface area (Å²) >= 11 is 0. The van der Waals surface area contributed by atoms with Crippen LogP contribution in [0.15, 0.2) is 0 Å². The van der Waals surface area contributed by atoms with Crippen LogP contribution in [0.1, 0.15) is 27.2 Å². The predicted molar refractivity (Wildman–Crippen MR) is 59.5 cm³/mol. The van der Waals surface area contributed by atoms with Gasteiger partial charge in [-0.05, 0) is 32.7 Å². The summed E-state index contributed by atoms with van der Waals surface area (Å²) in [6.07, 6.45) is 1.06. The Morgan fingerprint density at radius 3 is 2.67 bits per heavy atom. The molecule has 1 fully saturated rings. The molecule has 2 unspecified atom stereocenters. The average Bonchev–Trinajstić information content (AvgIpc) is 2.59. The standard InChI is InChI=1S/C11H22N2O2/c1-8(2)13(6-7-14)11(15)10-9(3)4-5-12-10/h8-10,12,14H,4-7H2,1-3H3. The molecule has 1 heterocycles. The molecule has 0 bridgehead atoms. The molecule has 0 aromatic carbocycles. The number of carbonyl (C=O) groups excluding carboxylic acids is 1. The van der Waals surface area contributed by atoms with Crippen molar-refractivity contribution < 1.29 is 9.90 Å². The van der Waals surface area contributed by atoms with Gasteiger partial charge in [0.05, 0.1) is 12.6 Å². The summed E-state index contributed by atoms with van der Waals surface area (Å²) in [6, 6.07) is 0.0956. The molecule has 1 aliphatic rings. The van der Waals surface area contributed by atoms with Crippen molar-refractivity contribution >= 4 is 5.91 Å². The van der Waals surface area contributed by atoms with E-state index < -0.39 is 0 Å². The third kappa shape index (κ3) is 2.92. The van der Waals surface area contributed by atoms with Crippen molar-refractivity contribution in [3.05, 3.63) is 0 Å². The van der Waals surface area contributed by atoms with Crippen LogP contribution in [-0.2, 0) is 4.79 Å². The lowest BCUT2D eigenvalue weighted by Gasteiger charge is -2.30. The van der Waals surface area contributed by atoms with E-state index in [4.69, 9.17) is 5.11 Å². The number of nitrogens with zero attached hydrogens (tertiary/aromatic N) is 1. The lowest BCUT2D eigenvalue weighted by Crippen LogP contribution is -2.49. The van der Waals surface area contributed by atoms with E-state index in [0.29, 0.717) is 12.5 Å². The molecule has 1 aliphatic heterocycles. The number of rotatable bonds is 4. The number of aliphatic hydroxyl groups excluding tert-OH is 1. The van der Waals surface area contributed by atoms with E-state index in [0.717, 1.165) is 13.0 Å². The second-order valence-corrected chi connectivity index (χ2v) is 4.55. The largest absolute Gasteiger partial charge is 0.395 e. The monoisotopic (exact) mass is 214 g/mol. The Balaban J connectivity index is 2.62. The van der Waals surface area contributed by atoms with Gasteiger partial charge in [-0.1, -0.05) is 6.92 Å². The molecule has 15 heavy (non-hydrogen) atoms. The zero-order valence-corrected chi connectivity index (χ0v) is 9.86. The van der Waals surface area contributed by atoms with Crippen molar-refractivity contribution in [1.29, 1.82) is 0 Å². The van der Waals surface area contributed by atoms with Gasteiger partial charge in [0.1, 0.15) is 0 Å². The predicted octanol–water partition coefficient (Wildman–Crippen LogP) is 0.214. The van der Waals surface area contributed by atoms with Crippen LogP contribution in [0, 0.1) is 5.92 Å². The van der Waals surface area contributed by atoms with Crippen LogP contribution in [0.3, 0.4) is 0 Å². The molecule has 1 rings (SSSR count). The first-order valence-electron chi connectivity index (χ1n) is 5.72. The van der Waals surface area contributed by atoms with E-state index in [9.17, 15) is 4.79 Å². The summed E-state index contributed by atoms with van der Waals surface area (Å²) in [4.78, 5) is 13.9. The minimum atomic E-state index is -0.0565. The van der Waals surface area contributed by atoms with Crippen LogP contribution in [0.25, 0.3) is 0 Å². The van der Waals surface area contributed by atoms with Crippen LogP contribution in [0.4, 0.5) is 0 Å². The van der Waals surface area contributed by atoms with E-state index in [-0.39, 0.29) is 24.6 Å². The van der Waals surface area contributed by atoms with Crippen LogP contribution in [-0.4, -0.2) is 47.7 Å². The first-order valence-corrected chi connectivity index (χ1v) is 5.72. The van der Waals surface area contributed by atoms with E-state index in [1.165, 1.54) is 0 Å². The van der Waals surface area contributed by atoms with E-state index in [1.54, 1.807) is 4.90 Å². The summed E-state index contributed by atoms with van der Waals surface area (Å²) in [7, 11) is 0. The topological polar surface area (TPSA) is 52.6 Å². The van der Waals surface area contributed by atoms with Gasteiger partial charge < -0.3 is 15.3 Å². The highest BCUT2D eigenvalue weighted by atomic mass is 16.3. The van der Waals surface area contributed by atoms with Crippen molar-refractivity contribution in [3.8, 4) is 0 Å². The minimum absolute atomic E-state index is 0.0328. The number of nitrogens with one attached hydrogen (secondary N) is 1. The molecule has 0 aromatic rings. The third-order valence-electron chi connectivity index (χ3n) is 3.05. The van der Waals surface area contributed by atoms with Crippen molar-refractivity contribution in [2.75, 3.05) is 19.7 Å². The van der Waals surface area contributed by atoms with Crippen LogP contribution in [0.2, 0.25) is 0 Å². The first-order chi connectivity index (χ1) is 7.07. The van der Waals surface area contributed by atoms with Crippen molar-refractivity contribution in [1.82, 2.24) is 10.2 Å². The average molecular weight is 214 g/mol. The van der Waals surface area contributed by atoms with Gasteiger partial charge in [-0.25, -0.2) is 0 Å². The summed E-state index contributed by atoms with van der Waals surface area (Å²) in [5, 5.41) is 12.2. The summed E-state index contributed by atoms with van der Waals surface area (Å²) < 4.78 is 0. The molecule has 2 atom stereocenters. The quantitative estimate of drug-likeness (QED) is 0.703. The van der Waals surface area contributed by atoms with Gasteiger partial charge in [0.25, 0.3) is 0 Å². The number of carbonyl (C=O) groups is 1. The number of hydrogen-bond donors (Lipinski definition) is 2. The molecule has 0 radical (unpaired) electrons. The molecule has 4 nitrogen and oxygen atoms in total. The highest BCUT2D eigenvalue weighted by Crippen LogP contribution is 2.17. The molecular formula is C11H22N2O2. The van der Waals surface area contributed by atoms with E-state index >= 15 is 0 Å². The van der Waals surface area contributed by atoms with Crippen LogP contribution >= 0.6 is 0 Å². The van der Waals surface area contributed by atoms with Crippen molar-refractivity contribution in [2.45, 2.75) is 39.3 Å². The van der Waals surface area contributed by atoms with E-state index in [2.05, 4.69) is 12.2 Å². The van der Waals surface area contributed by atoms with Gasteiger partial charge in [-0.15, -0.1) is 0 Å². The molecule has 0 aromatic heterocycles. The summed E-state index contributed by atoms with van der Waals surface area (Å²) in [6.45, 7) is 7.44. The SMILES string of the molecule is CC1CCNC1C(=O)N(CCO)C(C)C. The minimum Gasteiger partial charge on any atom is -0.395 e. The van der Waals surface area contributed by atoms with Crippen LogP contribution < -0.4 is 5.32 Å². The highest BCUT2D eigenvalue weighted by Gasteiger charge is 2.33. The van der Waals surface area contributed by atoms with Gasteiger partial charge in [0.2, 0.25) is 5.91 Å². The van der Waals surface area contributed by atoms with Gasteiger partial charge in [-0.2, -0.15) is 0 Å². The maximum atomic E-state index is 12.1. The molecule has 1 saturated heterocycles. The fourth-order valence-corrected chi connectivity index (χ4v) is 2.07. The molecular weight excluding hydrogens is 192 g/mol. The fourth-order valence-electron chi connectivity index (χ4n) is 2.07. The Morgan fingerprint density at radius 1 is 1.60 bits per heavy atom. The zero-order chi connectivity index (χ0) is 11.4. The molecule has 0 spiro atoms. The Hall–Kier alpha value is -0.610. The summed E-state index contributed by atoms with van der Waals surface area (Å²) in [5.41, 5.74) is 0. The maximum Gasteiger partial charge on any atom is 0.240 e. The fraction of sp³-hybridized carbons (Fsp3) is 0.909. The van der Waals surface area contributed by atoms with Gasteiger partial charge in [-0.3, -0.25) is 4.79 Å². The second kappa shape index (κ2) is 5.47. The number of aliphatic hydroxyl groups is 1. The molecule has 0 saturated carbocycles. The molecule has 2 N–H and O–H groups in total. The Kier molecular flexibility index (Phi) is 4.54. The molecule has 88 valence electrons. The zero-order valence-electron chi connectivity index (χ0n) is 9.86. The molecule has 1 amide bonds. The number of amides is 1. The van der Waals surface area contributed by atoms with Gasteiger partial charge in [0.15, 0.2) is 0 Å². The van der Waals surface area contributed by atoms with Gasteiger partial charge in [0, 0.05) is 12.6 Å². The second-order valence-electron chi connectivity index (χ2n) is 4.55. The Morgan fingerprint density at radius 2 is 2.27 bits per heavy atom. The highest BCUT2D eigenvalue weighted by molar-refractivity contribution is 5.82.